The number of aromatic nitrogens is 2. The third-order valence-electron chi connectivity index (χ3n) is 5.90. The number of piperazine rings is 2. The van der Waals surface area contributed by atoms with E-state index in [4.69, 9.17) is 4.98 Å². The van der Waals surface area contributed by atoms with E-state index in [9.17, 15) is 4.79 Å². The minimum atomic E-state index is 0.0440. The molecule has 154 valence electrons. The fourth-order valence-corrected chi connectivity index (χ4v) is 3.80. The average molecular weight is 395 g/mol. The number of benzene rings is 1. The van der Waals surface area contributed by atoms with E-state index in [1.165, 1.54) is 5.56 Å². The average Bonchev–Trinajstić information content (AvgIpc) is 2.74. The van der Waals surface area contributed by atoms with Gasteiger partial charge < -0.3 is 19.6 Å². The molecule has 4 rings (SSSR count). The van der Waals surface area contributed by atoms with E-state index in [0.717, 1.165) is 63.7 Å². The van der Waals surface area contributed by atoms with Crippen LogP contribution in [0.3, 0.4) is 0 Å². The van der Waals surface area contributed by atoms with Gasteiger partial charge in [0.05, 0.1) is 0 Å². The molecule has 2 saturated heterocycles. The number of anilines is 1. The van der Waals surface area contributed by atoms with Gasteiger partial charge in [0.25, 0.3) is 5.91 Å². The van der Waals surface area contributed by atoms with Crippen LogP contribution in [0.1, 0.15) is 15.9 Å². The van der Waals surface area contributed by atoms with Crippen molar-refractivity contribution < 1.29 is 4.79 Å². The Morgan fingerprint density at radius 2 is 1.45 bits per heavy atom. The Morgan fingerprint density at radius 3 is 2.07 bits per heavy atom. The van der Waals surface area contributed by atoms with Crippen LogP contribution in [-0.4, -0.2) is 97.0 Å². The molecule has 1 amide bonds. The molecule has 2 aliphatic heterocycles. The fraction of sp³-hybridized carbons (Fsp3) is 0.500. The highest BCUT2D eigenvalue weighted by molar-refractivity contribution is 5.99. The van der Waals surface area contributed by atoms with Crippen molar-refractivity contribution in [2.24, 2.45) is 0 Å². The van der Waals surface area contributed by atoms with Gasteiger partial charge in [0, 0.05) is 64.1 Å². The third-order valence-corrected chi connectivity index (χ3v) is 5.90. The van der Waals surface area contributed by atoms with Crippen LogP contribution in [0.15, 0.2) is 30.5 Å². The summed E-state index contributed by atoms with van der Waals surface area (Å²) in [5, 5.41) is 0. The van der Waals surface area contributed by atoms with Crippen LogP contribution in [0, 0.1) is 6.92 Å². The van der Waals surface area contributed by atoms with Gasteiger partial charge in [-0.3, -0.25) is 4.79 Å². The molecule has 1 aromatic carbocycles. The Labute approximate surface area is 172 Å². The molecule has 1 aromatic heterocycles. The second-order valence-electron chi connectivity index (χ2n) is 8.18. The Kier molecular flexibility index (Phi) is 5.78. The Balaban J connectivity index is 1.67. The second-order valence-corrected chi connectivity index (χ2v) is 8.18. The fourth-order valence-electron chi connectivity index (χ4n) is 3.80. The summed E-state index contributed by atoms with van der Waals surface area (Å²) in [6.45, 7) is 9.02. The lowest BCUT2D eigenvalue weighted by Crippen LogP contribution is -2.48. The van der Waals surface area contributed by atoms with E-state index >= 15 is 0 Å². The highest BCUT2D eigenvalue weighted by atomic mass is 16.2. The summed E-state index contributed by atoms with van der Waals surface area (Å²) in [6, 6.07) is 8.22. The lowest BCUT2D eigenvalue weighted by molar-refractivity contribution is 0.0664. The molecule has 2 aliphatic rings. The monoisotopic (exact) mass is 394 g/mol. The first-order valence-electron chi connectivity index (χ1n) is 10.4. The molecule has 3 heterocycles. The van der Waals surface area contributed by atoms with Gasteiger partial charge in [0.1, 0.15) is 11.4 Å². The second kappa shape index (κ2) is 8.47. The summed E-state index contributed by atoms with van der Waals surface area (Å²) in [4.78, 5) is 31.5. The standard InChI is InChI=1S/C22H30N6O/c1-17-4-6-18(7-5-17)20-23-16-19(22(29)28-14-10-26(3)11-15-28)21(24-20)27-12-8-25(2)9-13-27/h4-7,16H,8-15H2,1-3H3. The minimum absolute atomic E-state index is 0.0440. The van der Waals surface area contributed by atoms with Crippen molar-refractivity contribution in [1.82, 2.24) is 24.7 Å². The summed E-state index contributed by atoms with van der Waals surface area (Å²) >= 11 is 0. The number of aryl methyl sites for hydroxylation is 1. The van der Waals surface area contributed by atoms with Crippen LogP contribution in [0.25, 0.3) is 11.4 Å². The van der Waals surface area contributed by atoms with Gasteiger partial charge in [0.15, 0.2) is 5.82 Å². The SMILES string of the molecule is Cc1ccc(-c2ncc(C(=O)N3CCN(C)CC3)c(N3CCN(C)CC3)n2)cc1. The summed E-state index contributed by atoms with van der Waals surface area (Å²) < 4.78 is 0. The van der Waals surface area contributed by atoms with E-state index in [2.05, 4.69) is 52.8 Å². The molecular weight excluding hydrogens is 364 g/mol. The molecule has 0 saturated carbocycles. The lowest BCUT2D eigenvalue weighted by atomic mass is 10.1. The zero-order valence-corrected chi connectivity index (χ0v) is 17.6. The molecule has 0 spiro atoms. The van der Waals surface area contributed by atoms with Crippen molar-refractivity contribution in [3.8, 4) is 11.4 Å². The predicted molar refractivity (Wildman–Crippen MR) is 115 cm³/mol. The first-order chi connectivity index (χ1) is 14.0. The number of carbonyl (C=O) groups excluding carboxylic acids is 1. The van der Waals surface area contributed by atoms with E-state index in [1.807, 2.05) is 17.0 Å². The highest BCUT2D eigenvalue weighted by Gasteiger charge is 2.27. The first-order valence-corrected chi connectivity index (χ1v) is 10.4. The maximum atomic E-state index is 13.3. The van der Waals surface area contributed by atoms with E-state index in [0.29, 0.717) is 11.4 Å². The number of hydrogen-bond donors (Lipinski definition) is 0. The smallest absolute Gasteiger partial charge is 0.259 e. The molecule has 29 heavy (non-hydrogen) atoms. The van der Waals surface area contributed by atoms with Gasteiger partial charge >= 0.3 is 0 Å². The van der Waals surface area contributed by atoms with Crippen LogP contribution in [-0.2, 0) is 0 Å². The molecule has 2 aromatic rings. The summed E-state index contributed by atoms with van der Waals surface area (Å²) in [6.07, 6.45) is 1.73. The Morgan fingerprint density at radius 1 is 0.862 bits per heavy atom. The number of amides is 1. The zero-order valence-electron chi connectivity index (χ0n) is 17.6. The van der Waals surface area contributed by atoms with Gasteiger partial charge in [-0.2, -0.15) is 0 Å². The molecule has 0 unspecified atom stereocenters. The van der Waals surface area contributed by atoms with Crippen molar-refractivity contribution in [3.05, 3.63) is 41.6 Å². The molecule has 0 aliphatic carbocycles. The first kappa shape index (κ1) is 19.8. The van der Waals surface area contributed by atoms with E-state index in [1.54, 1.807) is 6.20 Å². The van der Waals surface area contributed by atoms with Crippen LogP contribution in [0.2, 0.25) is 0 Å². The molecule has 7 heteroatoms. The molecule has 0 radical (unpaired) electrons. The minimum Gasteiger partial charge on any atom is -0.353 e. The summed E-state index contributed by atoms with van der Waals surface area (Å²) in [7, 11) is 4.22. The van der Waals surface area contributed by atoms with Crippen molar-refractivity contribution in [1.29, 1.82) is 0 Å². The van der Waals surface area contributed by atoms with Gasteiger partial charge in [-0.1, -0.05) is 29.8 Å². The van der Waals surface area contributed by atoms with Gasteiger partial charge in [0.2, 0.25) is 0 Å². The molecule has 2 fully saturated rings. The maximum absolute atomic E-state index is 13.3. The lowest BCUT2D eigenvalue weighted by Gasteiger charge is -2.36. The van der Waals surface area contributed by atoms with Crippen molar-refractivity contribution in [2.45, 2.75) is 6.92 Å². The molecule has 7 nitrogen and oxygen atoms in total. The van der Waals surface area contributed by atoms with Crippen LogP contribution >= 0.6 is 0 Å². The number of likely N-dealkylation sites (N-methyl/N-ethyl adjacent to an activating group) is 2. The summed E-state index contributed by atoms with van der Waals surface area (Å²) in [5.41, 5.74) is 2.80. The Bertz CT molecular complexity index is 852. The van der Waals surface area contributed by atoms with Gasteiger partial charge in [-0.15, -0.1) is 0 Å². The van der Waals surface area contributed by atoms with Gasteiger partial charge in [-0.25, -0.2) is 9.97 Å². The Hall–Kier alpha value is -2.51. The van der Waals surface area contributed by atoms with Crippen LogP contribution in [0.4, 0.5) is 5.82 Å². The van der Waals surface area contributed by atoms with E-state index in [-0.39, 0.29) is 5.91 Å². The van der Waals surface area contributed by atoms with Gasteiger partial charge in [-0.05, 0) is 21.0 Å². The quantitative estimate of drug-likeness (QED) is 0.788. The van der Waals surface area contributed by atoms with Crippen LogP contribution < -0.4 is 4.90 Å². The predicted octanol–water partition coefficient (Wildman–Crippen LogP) is 1.59. The molecular formula is C22H30N6O. The van der Waals surface area contributed by atoms with Crippen molar-refractivity contribution >= 4 is 11.7 Å². The molecule has 0 atom stereocenters. The number of carbonyl (C=O) groups is 1. The zero-order chi connectivity index (χ0) is 20.4. The third kappa shape index (κ3) is 4.41. The largest absolute Gasteiger partial charge is 0.353 e. The van der Waals surface area contributed by atoms with E-state index < -0.39 is 0 Å². The number of nitrogens with zero attached hydrogens (tertiary/aromatic N) is 6. The normalized spacial score (nSPS) is 18.9. The number of hydrogen-bond acceptors (Lipinski definition) is 6. The molecule has 0 bridgehead atoms. The van der Waals surface area contributed by atoms with Crippen molar-refractivity contribution in [3.63, 3.8) is 0 Å². The topological polar surface area (TPSA) is 55.8 Å². The van der Waals surface area contributed by atoms with Crippen LogP contribution in [0.5, 0.6) is 0 Å². The highest BCUT2D eigenvalue weighted by Crippen LogP contribution is 2.25. The number of rotatable bonds is 3. The molecule has 0 N–H and O–H groups in total. The maximum Gasteiger partial charge on any atom is 0.259 e. The van der Waals surface area contributed by atoms with Crippen molar-refractivity contribution in [2.75, 3.05) is 71.4 Å². The summed E-state index contributed by atoms with van der Waals surface area (Å²) in [5.74, 6) is 1.49.